The first-order valence-corrected chi connectivity index (χ1v) is 12.0. The number of ether oxygens (including phenoxy) is 2. The fourth-order valence-electron chi connectivity index (χ4n) is 3.98. The van der Waals surface area contributed by atoms with Crippen LogP contribution in [0, 0.1) is 6.92 Å². The minimum atomic E-state index is -3.77. The van der Waals surface area contributed by atoms with Crippen molar-refractivity contribution in [1.29, 1.82) is 0 Å². The van der Waals surface area contributed by atoms with Crippen LogP contribution in [0.1, 0.15) is 44.4 Å². The number of aryl methyl sites for hydroxylation is 1. The first-order chi connectivity index (χ1) is 14.4. The molecule has 0 saturated carbocycles. The second-order valence-corrected chi connectivity index (χ2v) is 10.4. The molecule has 0 saturated heterocycles. The van der Waals surface area contributed by atoms with E-state index in [2.05, 4.69) is 5.32 Å². The molecule has 0 aliphatic carbocycles. The van der Waals surface area contributed by atoms with Gasteiger partial charge in [-0.05, 0) is 51.5 Å². The van der Waals surface area contributed by atoms with E-state index in [1.807, 2.05) is 51.1 Å². The molecule has 0 unspecified atom stereocenters. The van der Waals surface area contributed by atoms with Crippen LogP contribution in [0.5, 0.6) is 11.5 Å². The maximum Gasteiger partial charge on any atom is 0.244 e. The highest BCUT2D eigenvalue weighted by atomic mass is 32.2. The summed E-state index contributed by atoms with van der Waals surface area (Å²) in [5.41, 5.74) is 1.60. The third-order valence-corrected chi connectivity index (χ3v) is 6.58. The molecule has 31 heavy (non-hydrogen) atoms. The zero-order chi connectivity index (χ0) is 23.0. The normalized spacial score (nSPS) is 18.3. The number of hydrogen-bond donors (Lipinski definition) is 1. The molecule has 7 nitrogen and oxygen atoms in total. The van der Waals surface area contributed by atoms with Crippen molar-refractivity contribution in [3.05, 3.63) is 53.6 Å². The minimum Gasteiger partial charge on any atom is -0.495 e. The predicted octanol–water partition coefficient (Wildman–Crippen LogP) is 3.58. The Morgan fingerprint density at radius 2 is 1.94 bits per heavy atom. The van der Waals surface area contributed by atoms with Crippen LogP contribution in [0.3, 0.4) is 0 Å². The number of rotatable bonds is 6. The number of amides is 1. The monoisotopic (exact) mass is 446 g/mol. The Bertz CT molecular complexity index is 1080. The SMILES string of the molecule is COc1ccc(C)cc1N([C@@H](C)C(=O)N[C@H]1CC(C)(C)Oc2ccccc21)S(C)(=O)=O. The highest BCUT2D eigenvalue weighted by Crippen LogP contribution is 2.39. The Labute approximate surface area is 184 Å². The summed E-state index contributed by atoms with van der Waals surface area (Å²) in [6, 6.07) is 11.5. The van der Waals surface area contributed by atoms with Crippen LogP contribution < -0.4 is 19.1 Å². The molecular formula is C23H30N2O5S. The molecule has 2 aromatic carbocycles. The van der Waals surface area contributed by atoms with Gasteiger partial charge >= 0.3 is 0 Å². The van der Waals surface area contributed by atoms with Gasteiger partial charge in [0, 0.05) is 12.0 Å². The molecule has 2 aromatic rings. The second-order valence-electron chi connectivity index (χ2n) is 8.57. The molecule has 0 aromatic heterocycles. The summed E-state index contributed by atoms with van der Waals surface area (Å²) in [6.45, 7) is 7.36. The van der Waals surface area contributed by atoms with Crippen molar-refractivity contribution < 1.29 is 22.7 Å². The van der Waals surface area contributed by atoms with Crippen molar-refractivity contribution in [3.63, 3.8) is 0 Å². The van der Waals surface area contributed by atoms with Gasteiger partial charge in [0.25, 0.3) is 0 Å². The van der Waals surface area contributed by atoms with Gasteiger partial charge in [0.15, 0.2) is 0 Å². The predicted molar refractivity (Wildman–Crippen MR) is 121 cm³/mol. The number of hydrogen-bond acceptors (Lipinski definition) is 5. The summed E-state index contributed by atoms with van der Waals surface area (Å²) < 4.78 is 38.0. The number of fused-ring (bicyclic) bond motifs is 1. The number of para-hydroxylation sites is 1. The van der Waals surface area contributed by atoms with Crippen LogP contribution in [0.2, 0.25) is 0 Å². The number of nitrogens with one attached hydrogen (secondary N) is 1. The molecule has 0 radical (unpaired) electrons. The molecule has 1 aliphatic rings. The van der Waals surface area contributed by atoms with E-state index in [1.54, 1.807) is 19.1 Å². The molecule has 168 valence electrons. The number of carbonyl (C=O) groups is 1. The highest BCUT2D eigenvalue weighted by molar-refractivity contribution is 7.92. The summed E-state index contributed by atoms with van der Waals surface area (Å²) in [5, 5.41) is 3.04. The lowest BCUT2D eigenvalue weighted by Crippen LogP contribution is -2.50. The smallest absolute Gasteiger partial charge is 0.244 e. The summed E-state index contributed by atoms with van der Waals surface area (Å²) in [6.07, 6.45) is 1.65. The summed E-state index contributed by atoms with van der Waals surface area (Å²) in [7, 11) is -2.30. The number of anilines is 1. The van der Waals surface area contributed by atoms with E-state index in [4.69, 9.17) is 9.47 Å². The Hall–Kier alpha value is -2.74. The Balaban J connectivity index is 1.94. The highest BCUT2D eigenvalue weighted by Gasteiger charge is 2.37. The van der Waals surface area contributed by atoms with Gasteiger partial charge in [-0.1, -0.05) is 24.3 Å². The number of benzene rings is 2. The lowest BCUT2D eigenvalue weighted by Gasteiger charge is -2.38. The summed E-state index contributed by atoms with van der Waals surface area (Å²) in [4.78, 5) is 13.3. The molecule has 1 N–H and O–H groups in total. The summed E-state index contributed by atoms with van der Waals surface area (Å²) in [5.74, 6) is 0.705. The fraction of sp³-hybridized carbons (Fsp3) is 0.435. The lowest BCUT2D eigenvalue weighted by atomic mass is 9.89. The first-order valence-electron chi connectivity index (χ1n) is 10.2. The van der Waals surface area contributed by atoms with E-state index in [-0.39, 0.29) is 6.04 Å². The number of methoxy groups -OCH3 is 1. The zero-order valence-corrected chi connectivity index (χ0v) is 19.6. The molecule has 0 bridgehead atoms. The second kappa shape index (κ2) is 8.42. The Morgan fingerprint density at radius 3 is 2.58 bits per heavy atom. The van der Waals surface area contributed by atoms with E-state index in [1.165, 1.54) is 7.11 Å². The van der Waals surface area contributed by atoms with Gasteiger partial charge in [0.05, 0.1) is 25.1 Å². The number of carbonyl (C=O) groups excluding carboxylic acids is 1. The first kappa shape index (κ1) is 22.9. The van der Waals surface area contributed by atoms with Crippen molar-refractivity contribution in [1.82, 2.24) is 5.32 Å². The van der Waals surface area contributed by atoms with E-state index in [9.17, 15) is 13.2 Å². The summed E-state index contributed by atoms with van der Waals surface area (Å²) >= 11 is 0. The molecule has 8 heteroatoms. The Kier molecular flexibility index (Phi) is 6.23. The lowest BCUT2D eigenvalue weighted by molar-refractivity contribution is -0.123. The van der Waals surface area contributed by atoms with Gasteiger partial charge in [0.1, 0.15) is 23.1 Å². The molecule has 1 heterocycles. The number of sulfonamides is 1. The molecule has 1 amide bonds. The van der Waals surface area contributed by atoms with Crippen LogP contribution in [-0.4, -0.2) is 39.3 Å². The van der Waals surface area contributed by atoms with Crippen LogP contribution in [0.15, 0.2) is 42.5 Å². The van der Waals surface area contributed by atoms with Crippen molar-refractivity contribution in [2.24, 2.45) is 0 Å². The van der Waals surface area contributed by atoms with Gasteiger partial charge in [0.2, 0.25) is 15.9 Å². The molecule has 0 spiro atoms. The zero-order valence-electron chi connectivity index (χ0n) is 18.8. The van der Waals surface area contributed by atoms with Crippen molar-refractivity contribution in [2.75, 3.05) is 17.7 Å². The van der Waals surface area contributed by atoms with Gasteiger partial charge in [-0.2, -0.15) is 0 Å². The van der Waals surface area contributed by atoms with Crippen LogP contribution >= 0.6 is 0 Å². The third-order valence-electron chi connectivity index (χ3n) is 5.35. The largest absolute Gasteiger partial charge is 0.495 e. The standard InChI is InChI=1S/C23H30N2O5S/c1-15-11-12-21(29-5)19(13-15)25(31(6,27)28)16(2)22(26)24-18-14-23(3,4)30-20-10-8-7-9-17(18)20/h7-13,16,18H,14H2,1-6H3,(H,24,26)/t16-,18-/m0/s1. The van der Waals surface area contributed by atoms with Gasteiger partial charge < -0.3 is 14.8 Å². The van der Waals surface area contributed by atoms with Gasteiger partial charge in [-0.25, -0.2) is 8.42 Å². The maximum absolute atomic E-state index is 13.3. The number of nitrogens with zero attached hydrogens (tertiary/aromatic N) is 1. The Morgan fingerprint density at radius 1 is 1.26 bits per heavy atom. The molecule has 1 aliphatic heterocycles. The topological polar surface area (TPSA) is 84.9 Å². The maximum atomic E-state index is 13.3. The van der Waals surface area contributed by atoms with Crippen LogP contribution in [0.4, 0.5) is 5.69 Å². The van der Waals surface area contributed by atoms with E-state index < -0.39 is 27.6 Å². The van der Waals surface area contributed by atoms with E-state index in [0.29, 0.717) is 17.9 Å². The molecule has 0 fully saturated rings. The average Bonchev–Trinajstić information content (AvgIpc) is 2.66. The fourth-order valence-corrected chi connectivity index (χ4v) is 5.15. The van der Waals surface area contributed by atoms with Crippen LogP contribution in [0.25, 0.3) is 0 Å². The van der Waals surface area contributed by atoms with Gasteiger partial charge in [-0.15, -0.1) is 0 Å². The molecular weight excluding hydrogens is 416 g/mol. The van der Waals surface area contributed by atoms with Gasteiger partial charge in [-0.3, -0.25) is 9.10 Å². The minimum absolute atomic E-state index is 0.296. The van der Waals surface area contributed by atoms with Crippen molar-refractivity contribution in [2.45, 2.75) is 51.8 Å². The molecule has 2 atom stereocenters. The average molecular weight is 447 g/mol. The van der Waals surface area contributed by atoms with Crippen LogP contribution in [-0.2, 0) is 14.8 Å². The van der Waals surface area contributed by atoms with E-state index >= 15 is 0 Å². The van der Waals surface area contributed by atoms with E-state index in [0.717, 1.165) is 27.4 Å². The third kappa shape index (κ3) is 4.95. The quantitative estimate of drug-likeness (QED) is 0.733. The van der Waals surface area contributed by atoms with Crippen molar-refractivity contribution >= 4 is 21.6 Å². The van der Waals surface area contributed by atoms with Crippen molar-refractivity contribution in [3.8, 4) is 11.5 Å². The molecule has 3 rings (SSSR count).